The molecule has 0 atom stereocenters. The van der Waals surface area contributed by atoms with Crippen LogP contribution < -0.4 is 80.7 Å². The number of aliphatic imine (C=N–C) groups is 3. The molecule has 0 saturated carbocycles. The minimum absolute atomic E-state index is 0. The number of nitrogens with zero attached hydrogens (tertiary/aromatic N) is 8. The molecule has 0 saturated heterocycles. The largest absolute Gasteiger partial charge is 3.00 e. The van der Waals surface area contributed by atoms with Gasteiger partial charge in [-0.2, -0.15) is 13.7 Å². The molecule has 342 valence electrons. The fourth-order valence-electron chi connectivity index (χ4n) is 8.69. The topological polar surface area (TPSA) is 66.1 Å². The van der Waals surface area contributed by atoms with Crippen LogP contribution in [0.5, 0.6) is 0 Å². The van der Waals surface area contributed by atoms with Gasteiger partial charge in [0.15, 0.2) is 18.6 Å². The van der Waals surface area contributed by atoms with E-state index in [-0.39, 0.29) is 79.1 Å². The fraction of sp³-hybridized carbons (Fsp3) is 0.231. The van der Waals surface area contributed by atoms with Crippen molar-refractivity contribution in [3.05, 3.63) is 203 Å². The molecule has 0 spiro atoms. The molecule has 9 rings (SSSR count). The minimum Gasteiger partial charge on any atom is -1.00 e. The molecular formula is C52H52Cl5MnN8. The van der Waals surface area contributed by atoms with Crippen LogP contribution in [0.25, 0.3) is 16.7 Å². The predicted octanol–water partition coefficient (Wildman–Crippen LogP) is -6.22. The van der Waals surface area contributed by atoms with Gasteiger partial charge in [-0.05, 0) is 73.2 Å². The van der Waals surface area contributed by atoms with Crippen molar-refractivity contribution in [1.82, 2.24) is 9.88 Å². The molecule has 8 nitrogen and oxygen atoms in total. The molecule has 5 aliphatic rings. The maximum Gasteiger partial charge on any atom is 3.00 e. The summed E-state index contributed by atoms with van der Waals surface area (Å²) in [6, 6.07) is 23.6. The first-order chi connectivity index (χ1) is 29.6. The maximum atomic E-state index is 5.55. The summed E-state index contributed by atoms with van der Waals surface area (Å²) >= 11 is 0. The van der Waals surface area contributed by atoms with Crippen molar-refractivity contribution in [2.45, 2.75) is 73.0 Å². The smallest absolute Gasteiger partial charge is 1.00 e. The molecule has 0 fully saturated rings. The molecule has 0 radical (unpaired) electrons. The van der Waals surface area contributed by atoms with Crippen molar-refractivity contribution in [1.29, 1.82) is 0 Å². The van der Waals surface area contributed by atoms with Crippen molar-refractivity contribution >= 4 is 33.9 Å². The standard InChI is InChI=1S/C52H52N8.5ClH.Mn/c1-5-29-57-33-13-9-17-45(57)49-37-21-23-39(53-37)50(46-18-10-14-34-58(46)30-6-2)41-25-27-43(55-41)52(48-20-12-16-36-60(48)32-8-4)44-28-26-42(56-44)51(40-24-22-38(49)54-40)47-19-11-15-35-59(47)31-7-3;;;;;;/h9-28,33-36H,5-8,29-32H2,1-4H3;5*1H;/q+2;;;;;;+3/p-5. The second kappa shape index (κ2) is 25.3. The van der Waals surface area contributed by atoms with Gasteiger partial charge < -0.3 is 71.9 Å². The van der Waals surface area contributed by atoms with Crippen LogP contribution >= 0.6 is 0 Å². The minimum atomic E-state index is 0. The average molecular weight is 1020 g/mol. The second-order valence-corrected chi connectivity index (χ2v) is 15.5. The average Bonchev–Trinajstić information content (AvgIpc) is 4.12. The normalized spacial score (nSPS) is 16.4. The number of aryl methyl sites for hydroxylation is 3. The van der Waals surface area contributed by atoms with Crippen LogP contribution in [-0.4, -0.2) is 28.6 Å². The number of hydrogen-bond acceptors (Lipinski definition) is 4. The summed E-state index contributed by atoms with van der Waals surface area (Å²) in [6.45, 7) is 12.4. The Hall–Kier alpha value is -4.83. The van der Waals surface area contributed by atoms with Crippen LogP contribution in [0, 0.1) is 0 Å². The summed E-state index contributed by atoms with van der Waals surface area (Å²) in [5.41, 5.74) is 15.2. The first kappa shape index (κ1) is 55.5. The molecule has 0 amide bonds. The van der Waals surface area contributed by atoms with Gasteiger partial charge in [0.1, 0.15) is 19.6 Å². The molecule has 8 bridgehead atoms. The Bertz CT molecular complexity index is 2780. The van der Waals surface area contributed by atoms with Gasteiger partial charge in [0.05, 0.1) is 56.6 Å². The van der Waals surface area contributed by atoms with E-state index < -0.39 is 0 Å². The summed E-state index contributed by atoms with van der Waals surface area (Å²) < 4.78 is 6.98. The van der Waals surface area contributed by atoms with Crippen LogP contribution in [-0.2, 0) is 36.7 Å². The van der Waals surface area contributed by atoms with Crippen LogP contribution in [0.1, 0.15) is 81.8 Å². The van der Waals surface area contributed by atoms with Crippen LogP contribution in [0.3, 0.4) is 0 Å². The second-order valence-electron chi connectivity index (χ2n) is 15.5. The summed E-state index contributed by atoms with van der Waals surface area (Å²) in [4.78, 5) is 24.5. The van der Waals surface area contributed by atoms with Gasteiger partial charge in [-0.25, -0.2) is 15.0 Å². The first-order valence-corrected chi connectivity index (χ1v) is 21.6. The predicted molar refractivity (Wildman–Crippen MR) is 242 cm³/mol. The third-order valence-electron chi connectivity index (χ3n) is 11.3. The van der Waals surface area contributed by atoms with Gasteiger partial charge in [0.25, 0.3) is 0 Å². The maximum absolute atomic E-state index is 5.55. The zero-order valence-electron chi connectivity index (χ0n) is 37.4. The van der Waals surface area contributed by atoms with Gasteiger partial charge >= 0.3 is 17.1 Å². The Kier molecular flexibility index (Phi) is 21.3. The molecule has 66 heavy (non-hydrogen) atoms. The SMILES string of the molecule is CCCN1C=CC=C/C1=C1\C2=NC(=C(c3cccc[n+]3CCC)C3=NC(=C(c4cccc[n+]4CCC)c4ccc([n-]4)C(c4cccc[n+]4CCC)=C4C=CC1=N4)C=C3)C=C2.[Cl-].[Cl-].[Cl-].[Cl-].[Cl-].[Mn+3]. The molecular weight excluding hydrogens is 969 g/mol. The number of allylic oxidation sites excluding steroid dienone is 11. The molecule has 5 aliphatic heterocycles. The van der Waals surface area contributed by atoms with Gasteiger partial charge in [-0.15, -0.1) is 11.4 Å². The molecule has 4 aromatic rings. The van der Waals surface area contributed by atoms with Crippen LogP contribution in [0.2, 0.25) is 0 Å². The van der Waals surface area contributed by atoms with Crippen molar-refractivity contribution in [3.8, 4) is 0 Å². The van der Waals surface area contributed by atoms with E-state index in [1.54, 1.807) is 0 Å². The van der Waals surface area contributed by atoms with E-state index in [0.29, 0.717) is 0 Å². The number of hydrogen-bond donors (Lipinski definition) is 0. The van der Waals surface area contributed by atoms with E-state index in [9.17, 15) is 0 Å². The third kappa shape index (κ3) is 11.0. The monoisotopic (exact) mass is 1020 g/mol. The van der Waals surface area contributed by atoms with Crippen LogP contribution in [0.4, 0.5) is 0 Å². The number of halogens is 5. The van der Waals surface area contributed by atoms with E-state index in [1.807, 2.05) is 0 Å². The Morgan fingerprint density at radius 1 is 0.455 bits per heavy atom. The zero-order chi connectivity index (χ0) is 41.0. The van der Waals surface area contributed by atoms with Crippen molar-refractivity contribution in [2.24, 2.45) is 15.0 Å². The molecule has 0 aliphatic carbocycles. The quantitative estimate of drug-likeness (QED) is 0.111. The van der Waals surface area contributed by atoms with E-state index in [1.165, 1.54) is 0 Å². The van der Waals surface area contributed by atoms with Gasteiger partial charge in [-0.3, -0.25) is 0 Å². The Labute approximate surface area is 431 Å². The van der Waals surface area contributed by atoms with E-state index in [4.69, 9.17) is 20.0 Å². The molecule has 0 aromatic carbocycles. The molecule has 9 heterocycles. The molecule has 4 aromatic heterocycles. The van der Waals surface area contributed by atoms with Crippen molar-refractivity contribution in [2.75, 3.05) is 6.54 Å². The van der Waals surface area contributed by atoms with E-state index in [2.05, 4.69) is 193 Å². The zero-order valence-corrected chi connectivity index (χ0v) is 42.3. The number of pyridine rings is 3. The Morgan fingerprint density at radius 2 is 0.864 bits per heavy atom. The number of fused-ring (bicyclic) bond motifs is 5. The van der Waals surface area contributed by atoms with E-state index in [0.717, 1.165) is 143 Å². The fourth-order valence-corrected chi connectivity index (χ4v) is 8.69. The number of rotatable bonds is 11. The Balaban J connectivity index is 0.00000193. The summed E-state index contributed by atoms with van der Waals surface area (Å²) in [5, 5.41) is 0. The van der Waals surface area contributed by atoms with Gasteiger partial charge in [0, 0.05) is 74.0 Å². The van der Waals surface area contributed by atoms with Gasteiger partial charge in [0.2, 0.25) is 17.1 Å². The molecule has 14 heteroatoms. The van der Waals surface area contributed by atoms with Crippen molar-refractivity contribution < 1.29 is 92.8 Å². The van der Waals surface area contributed by atoms with Gasteiger partial charge in [-0.1, -0.05) is 45.9 Å². The summed E-state index contributed by atoms with van der Waals surface area (Å²) in [7, 11) is 0. The molecule has 0 unspecified atom stereocenters. The summed E-state index contributed by atoms with van der Waals surface area (Å²) in [6.07, 6.45) is 32.0. The summed E-state index contributed by atoms with van der Waals surface area (Å²) in [5.74, 6) is 0. The van der Waals surface area contributed by atoms with Crippen molar-refractivity contribution in [3.63, 3.8) is 0 Å². The Morgan fingerprint density at radius 3 is 1.29 bits per heavy atom. The van der Waals surface area contributed by atoms with Crippen LogP contribution in [0.15, 0.2) is 190 Å². The number of aromatic nitrogens is 4. The van der Waals surface area contributed by atoms with E-state index >= 15 is 0 Å². The molecule has 0 N–H and O–H groups in total. The first-order valence-electron chi connectivity index (χ1n) is 21.6. The third-order valence-corrected chi connectivity index (χ3v) is 11.3.